The molecule has 0 saturated heterocycles. The lowest BCUT2D eigenvalue weighted by Gasteiger charge is -2.18. The second kappa shape index (κ2) is 10.3. The van der Waals surface area contributed by atoms with Crippen LogP contribution in [0.5, 0.6) is 0 Å². The summed E-state index contributed by atoms with van der Waals surface area (Å²) < 4.78 is 0. The van der Waals surface area contributed by atoms with Crippen molar-refractivity contribution in [1.29, 1.82) is 0 Å². The largest absolute Gasteiger partial charge is 0.252 e. The Balaban J connectivity index is 0.000000181. The Morgan fingerprint density at radius 2 is 1.12 bits per heavy atom. The summed E-state index contributed by atoms with van der Waals surface area (Å²) in [6, 6.07) is 23.9. The molecule has 1 nitrogen and oxygen atoms in total. The molecule has 0 amide bonds. The average Bonchev–Trinajstić information content (AvgIpc) is 2.77. The molecule has 1 heterocycles. The van der Waals surface area contributed by atoms with Crippen molar-refractivity contribution in [3.63, 3.8) is 0 Å². The van der Waals surface area contributed by atoms with Crippen LogP contribution < -0.4 is 0 Å². The van der Waals surface area contributed by atoms with Crippen LogP contribution in [0, 0.1) is 0 Å². The van der Waals surface area contributed by atoms with E-state index in [1.165, 1.54) is 38.5 Å². The summed E-state index contributed by atoms with van der Waals surface area (Å²) in [6.07, 6.45) is 0. The fourth-order valence-corrected chi connectivity index (χ4v) is 4.53. The predicted octanol–water partition coefficient (Wildman–Crippen LogP) is 9.57. The molecule has 0 aliphatic carbocycles. The number of hydrogen-bond donors (Lipinski definition) is 0. The lowest BCUT2D eigenvalue weighted by atomic mass is 9.86. The minimum atomic E-state index is 0.488. The third-order valence-corrected chi connectivity index (χ3v) is 6.16. The molecule has 4 aromatic rings. The first-order chi connectivity index (χ1) is 15.2. The molecule has 1 heteroatoms. The first-order valence-corrected chi connectivity index (χ1v) is 12.1. The van der Waals surface area contributed by atoms with Gasteiger partial charge in [0.15, 0.2) is 0 Å². The number of nitrogens with zero attached hydrogens (tertiary/aromatic N) is 1. The Morgan fingerprint density at radius 3 is 1.72 bits per heavy atom. The van der Waals surface area contributed by atoms with Gasteiger partial charge >= 0.3 is 0 Å². The van der Waals surface area contributed by atoms with Crippen LogP contribution in [0.4, 0.5) is 0 Å². The molecular formula is C31H39N. The van der Waals surface area contributed by atoms with Gasteiger partial charge < -0.3 is 0 Å². The van der Waals surface area contributed by atoms with Crippen molar-refractivity contribution in [2.45, 2.75) is 79.1 Å². The molecule has 0 aliphatic rings. The lowest BCUT2D eigenvalue weighted by Crippen LogP contribution is -2.02. The van der Waals surface area contributed by atoms with Crippen molar-refractivity contribution in [2.75, 3.05) is 0 Å². The summed E-state index contributed by atoms with van der Waals surface area (Å²) in [7, 11) is 0. The zero-order chi connectivity index (χ0) is 23.4. The van der Waals surface area contributed by atoms with Crippen molar-refractivity contribution >= 4 is 21.7 Å². The van der Waals surface area contributed by atoms with Gasteiger partial charge in [-0.1, -0.05) is 110 Å². The van der Waals surface area contributed by atoms with E-state index < -0.39 is 0 Å². The maximum Gasteiger partial charge on any atom is 0.0705 e. The van der Waals surface area contributed by atoms with Crippen molar-refractivity contribution in [2.24, 2.45) is 0 Å². The van der Waals surface area contributed by atoms with E-state index in [0.29, 0.717) is 23.7 Å². The SMILES string of the molecule is CC(C)c1cc2ccccc2nc1C(C)C.CC(C)c1ccc2ccccc2c1C(C)C. The molecule has 32 heavy (non-hydrogen) atoms. The van der Waals surface area contributed by atoms with E-state index >= 15 is 0 Å². The summed E-state index contributed by atoms with van der Waals surface area (Å²) in [4.78, 5) is 4.80. The van der Waals surface area contributed by atoms with Gasteiger partial charge in [-0.25, -0.2) is 0 Å². The fourth-order valence-electron chi connectivity index (χ4n) is 4.53. The van der Waals surface area contributed by atoms with E-state index in [2.05, 4.69) is 122 Å². The summed E-state index contributed by atoms with van der Waals surface area (Å²) >= 11 is 0. The van der Waals surface area contributed by atoms with Gasteiger partial charge in [-0.2, -0.15) is 0 Å². The number of aromatic nitrogens is 1. The zero-order valence-corrected chi connectivity index (χ0v) is 21.1. The number of para-hydroxylation sites is 1. The van der Waals surface area contributed by atoms with Crippen LogP contribution in [0.3, 0.4) is 0 Å². The first-order valence-electron chi connectivity index (χ1n) is 12.1. The Hall–Kier alpha value is -2.67. The molecule has 0 unspecified atom stereocenters. The molecule has 168 valence electrons. The number of fused-ring (bicyclic) bond motifs is 2. The van der Waals surface area contributed by atoms with Gasteiger partial charge in [0.2, 0.25) is 0 Å². The highest BCUT2D eigenvalue weighted by atomic mass is 14.7. The van der Waals surface area contributed by atoms with Gasteiger partial charge in [-0.3, -0.25) is 4.98 Å². The highest BCUT2D eigenvalue weighted by molar-refractivity contribution is 5.87. The molecule has 3 aromatic carbocycles. The molecule has 0 atom stereocenters. The van der Waals surface area contributed by atoms with Gasteiger partial charge in [0.25, 0.3) is 0 Å². The standard InChI is InChI=1S/C16H20.C15H19N/c1-11(2)14-10-9-13-7-5-6-8-15(13)16(14)12(3)4;1-10(2)13-9-12-7-5-6-8-14(12)16-15(13)11(3)4/h5-12H,1-4H3;5-11H,1-4H3. The quantitative estimate of drug-likeness (QED) is 0.317. The monoisotopic (exact) mass is 425 g/mol. The molecule has 0 bridgehead atoms. The molecule has 0 saturated carbocycles. The number of benzene rings is 3. The van der Waals surface area contributed by atoms with Gasteiger partial charge in [0.1, 0.15) is 0 Å². The maximum atomic E-state index is 4.80. The normalized spacial score (nSPS) is 11.6. The van der Waals surface area contributed by atoms with E-state index in [4.69, 9.17) is 4.98 Å². The molecule has 1 aromatic heterocycles. The van der Waals surface area contributed by atoms with E-state index in [1.54, 1.807) is 0 Å². The van der Waals surface area contributed by atoms with Crippen molar-refractivity contribution in [3.8, 4) is 0 Å². The summed E-state index contributed by atoms with van der Waals surface area (Å²) in [5, 5.41) is 4.02. The summed E-state index contributed by atoms with van der Waals surface area (Å²) in [5.74, 6) is 2.21. The Morgan fingerprint density at radius 1 is 0.531 bits per heavy atom. The molecule has 0 N–H and O–H groups in total. The van der Waals surface area contributed by atoms with E-state index in [9.17, 15) is 0 Å². The van der Waals surface area contributed by atoms with Crippen LogP contribution in [-0.2, 0) is 0 Å². The van der Waals surface area contributed by atoms with E-state index in [0.717, 1.165) is 5.52 Å². The number of rotatable bonds is 4. The highest BCUT2D eigenvalue weighted by Crippen LogP contribution is 2.33. The first kappa shape index (κ1) is 24.0. The maximum absolute atomic E-state index is 4.80. The predicted molar refractivity (Wildman–Crippen MR) is 142 cm³/mol. The minimum Gasteiger partial charge on any atom is -0.252 e. The van der Waals surface area contributed by atoms with Gasteiger partial charge in [-0.05, 0) is 63.3 Å². The molecule has 0 spiro atoms. The third kappa shape index (κ3) is 5.21. The van der Waals surface area contributed by atoms with Crippen LogP contribution in [-0.4, -0.2) is 4.98 Å². The smallest absolute Gasteiger partial charge is 0.0705 e. The summed E-state index contributed by atoms with van der Waals surface area (Å²) in [6.45, 7) is 18.0. The molecule has 4 rings (SSSR count). The molecular weight excluding hydrogens is 386 g/mol. The van der Waals surface area contributed by atoms with Crippen LogP contribution in [0.25, 0.3) is 21.7 Å². The molecule has 0 aliphatic heterocycles. The van der Waals surface area contributed by atoms with Crippen LogP contribution in [0.1, 0.15) is 101 Å². The Bertz CT molecular complexity index is 1120. The fraction of sp³-hybridized carbons (Fsp3) is 0.387. The Labute approximate surface area is 194 Å². The number of hydrogen-bond acceptors (Lipinski definition) is 1. The third-order valence-electron chi connectivity index (χ3n) is 6.16. The van der Waals surface area contributed by atoms with Gasteiger partial charge in [0, 0.05) is 11.1 Å². The Kier molecular flexibility index (Phi) is 7.72. The van der Waals surface area contributed by atoms with Crippen molar-refractivity contribution < 1.29 is 0 Å². The van der Waals surface area contributed by atoms with Crippen LogP contribution >= 0.6 is 0 Å². The molecule has 0 fully saturated rings. The van der Waals surface area contributed by atoms with Crippen molar-refractivity contribution in [1.82, 2.24) is 4.98 Å². The minimum absolute atomic E-state index is 0.488. The second-order valence-corrected chi connectivity index (χ2v) is 10.1. The van der Waals surface area contributed by atoms with E-state index in [1.807, 2.05) is 0 Å². The van der Waals surface area contributed by atoms with Gasteiger partial charge in [-0.15, -0.1) is 0 Å². The lowest BCUT2D eigenvalue weighted by molar-refractivity contribution is 0.764. The average molecular weight is 426 g/mol. The van der Waals surface area contributed by atoms with Gasteiger partial charge in [0.05, 0.1) is 5.52 Å². The molecule has 0 radical (unpaired) electrons. The highest BCUT2D eigenvalue weighted by Gasteiger charge is 2.13. The van der Waals surface area contributed by atoms with E-state index in [-0.39, 0.29) is 0 Å². The topological polar surface area (TPSA) is 12.9 Å². The van der Waals surface area contributed by atoms with Crippen molar-refractivity contribution in [3.05, 3.63) is 89.1 Å². The zero-order valence-electron chi connectivity index (χ0n) is 21.1. The summed E-state index contributed by atoms with van der Waals surface area (Å²) in [5.41, 5.74) is 6.75. The van der Waals surface area contributed by atoms with Crippen LogP contribution in [0.15, 0.2) is 66.7 Å². The second-order valence-electron chi connectivity index (χ2n) is 10.1. The van der Waals surface area contributed by atoms with Crippen LogP contribution in [0.2, 0.25) is 0 Å². The number of pyridine rings is 1.